The third-order valence-electron chi connectivity index (χ3n) is 9.79. The summed E-state index contributed by atoms with van der Waals surface area (Å²) >= 11 is 0. The van der Waals surface area contributed by atoms with E-state index in [1.807, 2.05) is 62.4 Å². The van der Waals surface area contributed by atoms with E-state index in [0.29, 0.717) is 24.0 Å². The van der Waals surface area contributed by atoms with Crippen molar-refractivity contribution in [1.82, 2.24) is 24.5 Å². The second-order valence-electron chi connectivity index (χ2n) is 14.4. The molecule has 0 aliphatic carbocycles. The van der Waals surface area contributed by atoms with E-state index >= 15 is 8.78 Å². The van der Waals surface area contributed by atoms with Crippen LogP contribution >= 0.6 is 0 Å². The number of carbonyl (C=O) groups excluding carboxylic acids is 4. The van der Waals surface area contributed by atoms with Crippen molar-refractivity contribution in [1.29, 1.82) is 0 Å². The van der Waals surface area contributed by atoms with Crippen molar-refractivity contribution < 1.29 is 52.8 Å². The summed E-state index contributed by atoms with van der Waals surface area (Å²) < 4.78 is 73.1. The molecule has 0 fully saturated rings. The molecule has 0 atom stereocenters. The molecule has 0 saturated heterocycles. The quantitative estimate of drug-likeness (QED) is 0.0290. The molecule has 0 bridgehead atoms. The van der Waals surface area contributed by atoms with Gasteiger partial charge in [0.1, 0.15) is 38.9 Å². The summed E-state index contributed by atoms with van der Waals surface area (Å²) in [5, 5.41) is 0. The van der Waals surface area contributed by atoms with Gasteiger partial charge in [0.15, 0.2) is 23.2 Å². The number of Topliss-reactive ketones (excluding diaryl/α,β-unsaturated/α-hetero) is 2. The van der Waals surface area contributed by atoms with Crippen LogP contribution in [0.25, 0.3) is 22.1 Å². The van der Waals surface area contributed by atoms with Crippen LogP contribution < -0.4 is 5.44 Å². The van der Waals surface area contributed by atoms with Crippen molar-refractivity contribution in [2.75, 3.05) is 39.6 Å². The zero-order valence-electron chi connectivity index (χ0n) is 36.2. The van der Waals surface area contributed by atoms with Gasteiger partial charge in [0.05, 0.1) is 36.9 Å². The summed E-state index contributed by atoms with van der Waals surface area (Å²) in [5.41, 5.74) is 5.94. The maximum atomic E-state index is 15.4. The second-order valence-corrected chi connectivity index (χ2v) is 14.4. The number of carbonyl (C=O) groups is 4. The normalized spacial score (nSPS) is 11.3. The largest absolute Gasteiger partial charge is 0.464 e. The SMILES string of the molecule is CCC(=O)OCCOCC(=O)c1cc2c(ncn2C)c(F)c1Cc1ccc(C)cc1.[2H]N(F)[B]CC(=O)OCCOCC(=O)c1cc2c(ncn2C)c(F)c1Cc1ccc(C)cc1. The van der Waals surface area contributed by atoms with Crippen LogP contribution in [0.2, 0.25) is 7.73 Å². The molecule has 1 N–H and O–H groups in total. The number of nitrogens with one attached hydrogen (secondary N) is 1. The van der Waals surface area contributed by atoms with Gasteiger partial charge in [0.25, 0.3) is 13.4 Å². The fourth-order valence-corrected chi connectivity index (χ4v) is 6.38. The maximum absolute atomic E-state index is 15.4. The second kappa shape index (κ2) is 22.6. The van der Waals surface area contributed by atoms with Gasteiger partial charge in [-0.1, -0.05) is 66.6 Å². The topological polar surface area (TPSA) is 153 Å². The summed E-state index contributed by atoms with van der Waals surface area (Å²) in [6.45, 7) is 5.03. The number of fused-ring (bicyclic) bond motifs is 2. The number of nitrogens with zero attached hydrogens (tertiary/aromatic N) is 4. The summed E-state index contributed by atoms with van der Waals surface area (Å²) in [6, 6.07) is 18.6. The Morgan fingerprint density at radius 3 is 1.52 bits per heavy atom. The van der Waals surface area contributed by atoms with Crippen LogP contribution in [-0.4, -0.2) is 89.7 Å². The van der Waals surface area contributed by atoms with E-state index in [9.17, 15) is 23.7 Å². The van der Waals surface area contributed by atoms with Crippen molar-refractivity contribution in [3.8, 4) is 0 Å². The number of benzene rings is 4. The Kier molecular flexibility index (Phi) is 16.5. The summed E-state index contributed by atoms with van der Waals surface area (Å²) in [7, 11) is 4.17. The lowest BCUT2D eigenvalue weighted by atomic mass is 9.92. The van der Waals surface area contributed by atoms with Crippen molar-refractivity contribution in [2.24, 2.45) is 14.1 Å². The Balaban J connectivity index is 0.000000239. The van der Waals surface area contributed by atoms with Gasteiger partial charge in [0, 0.05) is 61.9 Å². The molecule has 2 aromatic heterocycles. The molecular formula is C45H48BF3N5O8. The molecule has 62 heavy (non-hydrogen) atoms. The van der Waals surface area contributed by atoms with Crippen molar-refractivity contribution in [2.45, 2.75) is 46.4 Å². The Morgan fingerprint density at radius 1 is 0.694 bits per heavy atom. The minimum absolute atomic E-state index is 0.0680. The van der Waals surface area contributed by atoms with Crippen LogP contribution in [0.15, 0.2) is 73.3 Å². The monoisotopic (exact) mass is 855 g/mol. The molecule has 17 heteroatoms. The predicted molar refractivity (Wildman–Crippen MR) is 227 cm³/mol. The van der Waals surface area contributed by atoms with Gasteiger partial charge in [0.2, 0.25) is 0 Å². The number of imidazole rings is 2. The average Bonchev–Trinajstić information content (AvgIpc) is 3.84. The highest BCUT2D eigenvalue weighted by Crippen LogP contribution is 2.28. The van der Waals surface area contributed by atoms with E-state index in [-0.39, 0.29) is 98.4 Å². The highest BCUT2D eigenvalue weighted by molar-refractivity contribution is 6.37. The van der Waals surface area contributed by atoms with Crippen LogP contribution in [0.4, 0.5) is 13.3 Å². The zero-order valence-corrected chi connectivity index (χ0v) is 35.2. The molecule has 0 spiro atoms. The molecule has 1 radical (unpaired) electrons. The van der Waals surface area contributed by atoms with Gasteiger partial charge in [-0.2, -0.15) is 4.48 Å². The number of ketones is 2. The lowest BCUT2D eigenvalue weighted by Crippen LogP contribution is -2.19. The minimum Gasteiger partial charge on any atom is -0.464 e. The highest BCUT2D eigenvalue weighted by Gasteiger charge is 2.23. The fourth-order valence-electron chi connectivity index (χ4n) is 6.38. The van der Waals surface area contributed by atoms with Crippen LogP contribution in [0.3, 0.4) is 0 Å². The lowest BCUT2D eigenvalue weighted by Gasteiger charge is -2.12. The highest BCUT2D eigenvalue weighted by atomic mass is 19.2. The Hall–Kier alpha value is -6.17. The Morgan fingerprint density at radius 2 is 1.11 bits per heavy atom. The molecule has 0 unspecified atom stereocenters. The number of aromatic nitrogens is 4. The molecular weight excluding hydrogens is 806 g/mol. The standard InChI is InChI=1S/C23H25FN2O4.C22H23BF2N3O4/c1-4-21(28)30-10-9-29-13-20(27)17-12-19-23(25-14-26(19)3)22(24)18(17)11-16-7-5-15(2)6-8-16;1-14-3-5-15(6-4-14)9-17-16(10-18-22(21(17)24)26-13-28(18)2)19(29)12-31-7-8-32-20(30)11-23-27-25/h5-8,12,14H,4,9-11,13H2,1-3H3;3-6,10,13,27H,7-9,11-12H2,1-2H3/i;27D. The number of rotatable bonds is 20. The minimum atomic E-state index is -0.732. The average molecular weight is 856 g/mol. The number of halogens is 3. The third kappa shape index (κ3) is 12.5. The third-order valence-corrected chi connectivity index (χ3v) is 9.79. The molecule has 0 amide bonds. The molecule has 13 nitrogen and oxygen atoms in total. The van der Waals surface area contributed by atoms with E-state index in [1.54, 1.807) is 42.3 Å². The van der Waals surface area contributed by atoms with Gasteiger partial charge >= 0.3 is 5.97 Å². The van der Waals surface area contributed by atoms with Crippen molar-refractivity contribution in [3.05, 3.63) is 129 Å². The first-order valence-electron chi connectivity index (χ1n) is 20.3. The molecule has 0 saturated carbocycles. The first-order valence-corrected chi connectivity index (χ1v) is 19.8. The van der Waals surface area contributed by atoms with Crippen molar-refractivity contribution >= 4 is 53.0 Å². The lowest BCUT2D eigenvalue weighted by molar-refractivity contribution is -0.144. The summed E-state index contributed by atoms with van der Waals surface area (Å²) in [4.78, 5) is 56.6. The molecule has 0 aliphatic heterocycles. The van der Waals surface area contributed by atoms with Gasteiger partial charge in [-0.15, -0.1) is 0 Å². The Bertz CT molecular complexity index is 2550. The smallest absolute Gasteiger partial charge is 0.305 e. The molecule has 4 aromatic carbocycles. The van der Waals surface area contributed by atoms with Crippen molar-refractivity contribution in [3.63, 3.8) is 0 Å². The van der Waals surface area contributed by atoms with Gasteiger partial charge < -0.3 is 28.1 Å². The Labute approximate surface area is 359 Å². The summed E-state index contributed by atoms with van der Waals surface area (Å²) in [6.07, 6.45) is 3.39. The first-order chi connectivity index (χ1) is 30.2. The molecule has 2 heterocycles. The van der Waals surface area contributed by atoms with Gasteiger partial charge in [-0.3, -0.25) is 19.2 Å². The van der Waals surface area contributed by atoms with E-state index in [2.05, 4.69) is 9.97 Å². The maximum Gasteiger partial charge on any atom is 0.305 e. The zero-order chi connectivity index (χ0) is 45.6. The first kappa shape index (κ1) is 45.4. The number of ether oxygens (including phenoxy) is 4. The van der Waals surface area contributed by atoms with E-state index in [4.69, 9.17) is 20.4 Å². The molecule has 0 aliphatic rings. The molecule has 6 rings (SSSR count). The van der Waals surface area contributed by atoms with Gasteiger partial charge in [-0.25, -0.2) is 24.2 Å². The van der Waals surface area contributed by atoms with E-state index in [1.165, 1.54) is 12.7 Å². The van der Waals surface area contributed by atoms with Gasteiger partial charge in [-0.05, 0) is 37.1 Å². The van der Waals surface area contributed by atoms with E-state index in [0.717, 1.165) is 22.3 Å². The summed E-state index contributed by atoms with van der Waals surface area (Å²) in [5.74, 6) is -2.84. The van der Waals surface area contributed by atoms with Crippen LogP contribution in [0, 0.1) is 25.5 Å². The van der Waals surface area contributed by atoms with Crippen LogP contribution in [0.1, 0.15) is 67.4 Å². The number of hydrogen-bond donors (Lipinski definition) is 1. The molecule has 325 valence electrons. The van der Waals surface area contributed by atoms with Crippen LogP contribution in [-0.2, 0) is 55.5 Å². The number of aryl methyl sites for hydroxylation is 4. The number of esters is 2. The molecule has 6 aromatic rings. The predicted octanol–water partition coefficient (Wildman–Crippen LogP) is 6.63. The van der Waals surface area contributed by atoms with Crippen LogP contribution in [0.5, 0.6) is 0 Å². The number of hydrogen-bond acceptors (Lipinski definition) is 11. The fraction of sp³-hybridized carbons (Fsp3) is 0.333. The van der Waals surface area contributed by atoms with E-state index < -0.39 is 35.2 Å².